The molecule has 1 aliphatic carbocycles. The van der Waals surface area contributed by atoms with Crippen molar-refractivity contribution in [2.24, 2.45) is 0 Å². The first-order valence-electron chi connectivity index (χ1n) is 7.14. The monoisotopic (exact) mass is 302 g/mol. The molecule has 0 fully saturated rings. The lowest BCUT2D eigenvalue weighted by Gasteiger charge is -2.26. The van der Waals surface area contributed by atoms with Crippen LogP contribution >= 0.6 is 11.3 Å². The number of aromatic nitrogens is 1. The number of carbonyl (C=O) groups is 1. The minimum Gasteiger partial charge on any atom is -0.478 e. The number of benzene rings is 1. The highest BCUT2D eigenvalue weighted by atomic mass is 32.1. The summed E-state index contributed by atoms with van der Waals surface area (Å²) < 4.78 is 0. The van der Waals surface area contributed by atoms with Gasteiger partial charge >= 0.3 is 5.97 Å². The third kappa shape index (κ3) is 3.14. The molecule has 1 atom stereocenters. The zero-order valence-electron chi connectivity index (χ0n) is 11.9. The van der Waals surface area contributed by atoms with Gasteiger partial charge in [-0.1, -0.05) is 6.07 Å². The molecule has 0 aliphatic heterocycles. The Hall–Kier alpha value is -1.72. The number of thiazole rings is 1. The Morgan fingerprint density at radius 1 is 1.52 bits per heavy atom. The molecule has 0 spiro atoms. The fraction of sp³-hybridized carbons (Fsp3) is 0.375. The maximum Gasteiger partial charge on any atom is 0.335 e. The van der Waals surface area contributed by atoms with Crippen LogP contribution in [0.25, 0.3) is 0 Å². The topological polar surface area (TPSA) is 62.2 Å². The van der Waals surface area contributed by atoms with Crippen molar-refractivity contribution in [3.05, 3.63) is 51.0 Å². The van der Waals surface area contributed by atoms with Crippen molar-refractivity contribution >= 4 is 17.3 Å². The molecule has 4 nitrogen and oxygen atoms in total. The first-order valence-corrected chi connectivity index (χ1v) is 7.96. The summed E-state index contributed by atoms with van der Waals surface area (Å²) in [5.74, 6) is -0.855. The second-order valence-corrected chi connectivity index (χ2v) is 6.73. The van der Waals surface area contributed by atoms with E-state index in [0.717, 1.165) is 36.4 Å². The number of nitrogens with one attached hydrogen (secondary N) is 1. The van der Waals surface area contributed by atoms with Crippen molar-refractivity contribution < 1.29 is 9.90 Å². The van der Waals surface area contributed by atoms with Gasteiger partial charge in [-0.2, -0.15) is 0 Å². The van der Waals surface area contributed by atoms with Gasteiger partial charge < -0.3 is 10.4 Å². The Morgan fingerprint density at radius 3 is 3.10 bits per heavy atom. The molecule has 110 valence electrons. The van der Waals surface area contributed by atoms with Gasteiger partial charge in [-0.15, -0.1) is 11.3 Å². The number of hydrogen-bond acceptors (Lipinski definition) is 4. The number of nitrogens with zero attached hydrogens (tertiary/aromatic N) is 1. The molecule has 1 aliphatic rings. The molecule has 1 unspecified atom stereocenters. The summed E-state index contributed by atoms with van der Waals surface area (Å²) in [6, 6.07) is 5.78. The predicted molar refractivity (Wildman–Crippen MR) is 82.8 cm³/mol. The van der Waals surface area contributed by atoms with E-state index in [1.165, 1.54) is 10.4 Å². The van der Waals surface area contributed by atoms with E-state index in [0.29, 0.717) is 11.6 Å². The zero-order valence-corrected chi connectivity index (χ0v) is 12.7. The molecule has 2 N–H and O–H groups in total. The Kier molecular flexibility index (Phi) is 4.03. The highest BCUT2D eigenvalue weighted by Crippen LogP contribution is 2.30. The Labute approximate surface area is 127 Å². The zero-order chi connectivity index (χ0) is 14.8. The molecule has 0 saturated carbocycles. The van der Waals surface area contributed by atoms with Gasteiger partial charge in [0.15, 0.2) is 0 Å². The number of hydrogen-bond donors (Lipinski definition) is 2. The first kappa shape index (κ1) is 14.2. The maximum atomic E-state index is 11.1. The van der Waals surface area contributed by atoms with E-state index in [1.54, 1.807) is 17.4 Å². The third-order valence-electron chi connectivity index (χ3n) is 3.87. The van der Waals surface area contributed by atoms with E-state index in [4.69, 9.17) is 5.11 Å². The van der Waals surface area contributed by atoms with Crippen molar-refractivity contribution in [1.82, 2.24) is 10.3 Å². The molecule has 0 amide bonds. The van der Waals surface area contributed by atoms with Crippen molar-refractivity contribution in [3.63, 3.8) is 0 Å². The standard InChI is InChI=1S/C16H18N2O2S/c1-10-8-18-15(21-10)9-17-14-4-2-3-11-7-12(16(19)20)5-6-13(11)14/h5-8,14,17H,2-4,9H2,1H3,(H,19,20). The molecule has 21 heavy (non-hydrogen) atoms. The lowest BCUT2D eigenvalue weighted by molar-refractivity contribution is 0.0696. The van der Waals surface area contributed by atoms with Crippen LogP contribution in [0.1, 0.15) is 50.3 Å². The summed E-state index contributed by atoms with van der Waals surface area (Å²) in [6.07, 6.45) is 5.04. The van der Waals surface area contributed by atoms with Crippen molar-refractivity contribution in [2.45, 2.75) is 38.8 Å². The fourth-order valence-electron chi connectivity index (χ4n) is 2.85. The highest BCUT2D eigenvalue weighted by molar-refractivity contribution is 7.11. The summed E-state index contributed by atoms with van der Waals surface area (Å²) in [4.78, 5) is 16.7. The molecule has 0 radical (unpaired) electrons. The van der Waals surface area contributed by atoms with Gasteiger partial charge in [-0.3, -0.25) is 0 Å². The Morgan fingerprint density at radius 2 is 2.38 bits per heavy atom. The summed E-state index contributed by atoms with van der Waals surface area (Å²) in [7, 11) is 0. The second-order valence-electron chi connectivity index (χ2n) is 5.41. The first-order chi connectivity index (χ1) is 10.1. The Balaban J connectivity index is 1.75. The lowest BCUT2D eigenvalue weighted by atomic mass is 9.86. The number of aromatic carboxylic acids is 1. The van der Waals surface area contributed by atoms with Crippen LogP contribution in [0.2, 0.25) is 0 Å². The minimum absolute atomic E-state index is 0.292. The van der Waals surface area contributed by atoms with E-state index in [2.05, 4.69) is 17.2 Å². The minimum atomic E-state index is -0.855. The predicted octanol–water partition coefficient (Wildman–Crippen LogP) is 3.32. The van der Waals surface area contributed by atoms with Crippen LogP contribution in [0.5, 0.6) is 0 Å². The summed E-state index contributed by atoms with van der Waals surface area (Å²) in [6.45, 7) is 2.83. The number of aryl methyl sites for hydroxylation is 2. The number of carboxylic acid groups (broad SMARTS) is 1. The molecule has 5 heteroatoms. The van der Waals surface area contributed by atoms with Gasteiger partial charge in [0.1, 0.15) is 5.01 Å². The molecule has 1 heterocycles. The SMILES string of the molecule is Cc1cnc(CNC2CCCc3cc(C(=O)O)ccc32)s1. The van der Waals surface area contributed by atoms with Gasteiger partial charge in [-0.05, 0) is 49.4 Å². The van der Waals surface area contributed by atoms with Gasteiger partial charge in [-0.25, -0.2) is 9.78 Å². The highest BCUT2D eigenvalue weighted by Gasteiger charge is 2.21. The van der Waals surface area contributed by atoms with Crippen LogP contribution < -0.4 is 5.32 Å². The second kappa shape index (κ2) is 5.95. The average Bonchev–Trinajstić information content (AvgIpc) is 2.90. The van der Waals surface area contributed by atoms with E-state index in [1.807, 2.05) is 18.3 Å². The summed E-state index contributed by atoms with van der Waals surface area (Å²) in [5, 5.41) is 13.7. The molecule has 0 bridgehead atoms. The molecular formula is C16H18N2O2S. The number of carboxylic acids is 1. The quantitative estimate of drug-likeness (QED) is 0.909. The Bertz CT molecular complexity index is 666. The molecule has 3 rings (SSSR count). The van der Waals surface area contributed by atoms with E-state index < -0.39 is 5.97 Å². The van der Waals surface area contributed by atoms with E-state index >= 15 is 0 Å². The third-order valence-corrected chi connectivity index (χ3v) is 4.79. The molecule has 1 aromatic heterocycles. The van der Waals surface area contributed by atoms with Crippen LogP contribution in [-0.4, -0.2) is 16.1 Å². The van der Waals surface area contributed by atoms with Crippen LogP contribution in [0.4, 0.5) is 0 Å². The normalized spacial score (nSPS) is 17.5. The van der Waals surface area contributed by atoms with Gasteiger partial charge in [0.05, 0.1) is 5.56 Å². The van der Waals surface area contributed by atoms with E-state index in [-0.39, 0.29) is 0 Å². The number of fused-ring (bicyclic) bond motifs is 1. The van der Waals surface area contributed by atoms with Crippen LogP contribution in [0, 0.1) is 6.92 Å². The van der Waals surface area contributed by atoms with Crippen LogP contribution in [0.15, 0.2) is 24.4 Å². The van der Waals surface area contributed by atoms with Crippen molar-refractivity contribution in [3.8, 4) is 0 Å². The molecule has 0 saturated heterocycles. The van der Waals surface area contributed by atoms with Crippen LogP contribution in [-0.2, 0) is 13.0 Å². The maximum absolute atomic E-state index is 11.1. The average molecular weight is 302 g/mol. The van der Waals surface area contributed by atoms with Gasteiger partial charge in [0.2, 0.25) is 0 Å². The van der Waals surface area contributed by atoms with Gasteiger partial charge in [0, 0.05) is 23.7 Å². The molecule has 2 aromatic rings. The lowest BCUT2D eigenvalue weighted by Crippen LogP contribution is -2.25. The smallest absolute Gasteiger partial charge is 0.335 e. The summed E-state index contributed by atoms with van der Waals surface area (Å²) >= 11 is 1.71. The summed E-state index contributed by atoms with van der Waals surface area (Å²) in [5.41, 5.74) is 2.78. The largest absolute Gasteiger partial charge is 0.478 e. The molecular weight excluding hydrogens is 284 g/mol. The fourth-order valence-corrected chi connectivity index (χ4v) is 3.59. The molecule has 1 aromatic carbocycles. The van der Waals surface area contributed by atoms with E-state index in [9.17, 15) is 4.79 Å². The van der Waals surface area contributed by atoms with Crippen LogP contribution in [0.3, 0.4) is 0 Å². The van der Waals surface area contributed by atoms with Crippen molar-refractivity contribution in [2.75, 3.05) is 0 Å². The van der Waals surface area contributed by atoms with Gasteiger partial charge in [0.25, 0.3) is 0 Å². The number of rotatable bonds is 4. The van der Waals surface area contributed by atoms with Crippen molar-refractivity contribution in [1.29, 1.82) is 0 Å².